The Morgan fingerprint density at radius 2 is 2.04 bits per heavy atom. The van der Waals surface area contributed by atoms with Gasteiger partial charge in [-0.3, -0.25) is 4.79 Å². The Morgan fingerprint density at radius 1 is 1.29 bits per heavy atom. The molecule has 0 spiro atoms. The van der Waals surface area contributed by atoms with Crippen molar-refractivity contribution in [3.05, 3.63) is 24.3 Å². The average Bonchev–Trinajstić information content (AvgIpc) is 3.08. The highest BCUT2D eigenvalue weighted by Gasteiger charge is 2.22. The van der Waals surface area contributed by atoms with Gasteiger partial charge in [-0.2, -0.15) is 0 Å². The minimum Gasteiger partial charge on any atom is -0.497 e. The molecule has 0 aliphatic carbocycles. The topological polar surface area (TPSA) is 60.3 Å². The Balaban J connectivity index is 1.75. The van der Waals surface area contributed by atoms with Gasteiger partial charge in [0.05, 0.1) is 12.9 Å². The van der Waals surface area contributed by atoms with Crippen LogP contribution in [0, 0.1) is 11.8 Å². The SMILES string of the molecule is COc1ccc(-c2nnc(SCC(=O)N3CCC[C@H](C)C3)n2CC(C)C)cc1. The molecular formula is C21H30N4O2S. The third kappa shape index (κ3) is 5.07. The Bertz CT molecular complexity index is 788. The third-order valence-electron chi connectivity index (χ3n) is 4.95. The minimum absolute atomic E-state index is 0.196. The summed E-state index contributed by atoms with van der Waals surface area (Å²) in [5.41, 5.74) is 0.997. The normalized spacial score (nSPS) is 17.2. The standard InChI is InChI=1S/C21H30N4O2S/c1-15(2)12-25-20(17-7-9-18(27-4)10-8-17)22-23-21(25)28-14-19(26)24-11-5-6-16(3)13-24/h7-10,15-16H,5-6,11-14H2,1-4H3/t16-/m0/s1. The molecule has 1 atom stereocenters. The van der Waals surface area contributed by atoms with Gasteiger partial charge >= 0.3 is 0 Å². The second-order valence-electron chi connectivity index (χ2n) is 7.91. The van der Waals surface area contributed by atoms with Gasteiger partial charge in [0.2, 0.25) is 5.91 Å². The van der Waals surface area contributed by atoms with Gasteiger partial charge in [0.1, 0.15) is 5.75 Å². The number of piperidine rings is 1. The molecule has 3 rings (SSSR count). The number of amides is 1. The van der Waals surface area contributed by atoms with E-state index in [0.29, 0.717) is 17.6 Å². The summed E-state index contributed by atoms with van der Waals surface area (Å²) in [6, 6.07) is 7.85. The number of benzene rings is 1. The van der Waals surface area contributed by atoms with Crippen molar-refractivity contribution in [2.45, 2.75) is 45.3 Å². The molecule has 0 N–H and O–H groups in total. The molecule has 1 fully saturated rings. The molecule has 2 aromatic rings. The quantitative estimate of drug-likeness (QED) is 0.656. The summed E-state index contributed by atoms with van der Waals surface area (Å²) < 4.78 is 7.37. The second kappa shape index (κ2) is 9.45. The van der Waals surface area contributed by atoms with Crippen LogP contribution in [0.1, 0.15) is 33.6 Å². The fraction of sp³-hybridized carbons (Fsp3) is 0.571. The molecule has 1 aliphatic rings. The first-order chi connectivity index (χ1) is 13.5. The van der Waals surface area contributed by atoms with Crippen molar-refractivity contribution in [3.63, 3.8) is 0 Å². The molecule has 2 heterocycles. The molecule has 0 radical (unpaired) electrons. The summed E-state index contributed by atoms with van der Waals surface area (Å²) in [7, 11) is 1.66. The lowest BCUT2D eigenvalue weighted by Gasteiger charge is -2.30. The first-order valence-corrected chi connectivity index (χ1v) is 10.9. The van der Waals surface area contributed by atoms with Crippen molar-refractivity contribution >= 4 is 17.7 Å². The number of carbonyl (C=O) groups is 1. The fourth-order valence-corrected chi connectivity index (χ4v) is 4.36. The van der Waals surface area contributed by atoms with Crippen molar-refractivity contribution in [3.8, 4) is 17.1 Å². The number of hydrogen-bond acceptors (Lipinski definition) is 5. The van der Waals surface area contributed by atoms with Gasteiger partial charge in [-0.25, -0.2) is 0 Å². The zero-order valence-corrected chi connectivity index (χ0v) is 18.0. The van der Waals surface area contributed by atoms with Gasteiger partial charge in [-0.1, -0.05) is 32.5 Å². The molecule has 1 aromatic heterocycles. The van der Waals surface area contributed by atoms with E-state index in [1.54, 1.807) is 7.11 Å². The predicted molar refractivity (Wildman–Crippen MR) is 113 cm³/mol. The molecule has 1 aromatic carbocycles. The van der Waals surface area contributed by atoms with Crippen LogP contribution >= 0.6 is 11.8 Å². The Labute approximate surface area is 171 Å². The van der Waals surface area contributed by atoms with E-state index >= 15 is 0 Å². The maximum absolute atomic E-state index is 12.6. The number of methoxy groups -OCH3 is 1. The van der Waals surface area contributed by atoms with Crippen LogP contribution in [0.25, 0.3) is 11.4 Å². The summed E-state index contributed by atoms with van der Waals surface area (Å²) in [4.78, 5) is 14.6. The van der Waals surface area contributed by atoms with Crippen LogP contribution in [-0.4, -0.2) is 51.5 Å². The summed E-state index contributed by atoms with van der Waals surface area (Å²) in [6.07, 6.45) is 2.31. The number of ether oxygens (including phenoxy) is 1. The van der Waals surface area contributed by atoms with Crippen LogP contribution in [0.5, 0.6) is 5.75 Å². The third-order valence-corrected chi connectivity index (χ3v) is 5.90. The highest BCUT2D eigenvalue weighted by Crippen LogP contribution is 2.27. The van der Waals surface area contributed by atoms with Gasteiger partial charge in [-0.05, 0) is 48.9 Å². The van der Waals surface area contributed by atoms with E-state index < -0.39 is 0 Å². The lowest BCUT2D eigenvalue weighted by molar-refractivity contribution is -0.130. The first-order valence-electron chi connectivity index (χ1n) is 9.96. The molecule has 152 valence electrons. The van der Waals surface area contributed by atoms with Crippen molar-refractivity contribution in [1.82, 2.24) is 19.7 Å². The average molecular weight is 403 g/mol. The maximum Gasteiger partial charge on any atom is 0.233 e. The zero-order valence-electron chi connectivity index (χ0n) is 17.2. The van der Waals surface area contributed by atoms with E-state index in [-0.39, 0.29) is 5.91 Å². The van der Waals surface area contributed by atoms with Crippen LogP contribution in [0.15, 0.2) is 29.4 Å². The fourth-order valence-electron chi connectivity index (χ4n) is 3.51. The summed E-state index contributed by atoms with van der Waals surface area (Å²) in [5, 5.41) is 9.62. The molecule has 1 amide bonds. The number of rotatable bonds is 7. The number of likely N-dealkylation sites (tertiary alicyclic amines) is 1. The van der Waals surface area contributed by atoms with E-state index in [1.807, 2.05) is 29.2 Å². The largest absolute Gasteiger partial charge is 0.497 e. The molecule has 0 bridgehead atoms. The van der Waals surface area contributed by atoms with Crippen LogP contribution in [0.2, 0.25) is 0 Å². The van der Waals surface area contributed by atoms with Gasteiger partial charge < -0.3 is 14.2 Å². The number of hydrogen-bond donors (Lipinski definition) is 0. The lowest BCUT2D eigenvalue weighted by Crippen LogP contribution is -2.40. The van der Waals surface area contributed by atoms with Crippen LogP contribution in [0.4, 0.5) is 0 Å². The van der Waals surface area contributed by atoms with Gasteiger partial charge in [0, 0.05) is 25.2 Å². The predicted octanol–water partition coefficient (Wildman–Crippen LogP) is 3.96. The molecule has 1 saturated heterocycles. The molecule has 6 nitrogen and oxygen atoms in total. The van der Waals surface area contributed by atoms with E-state index in [0.717, 1.165) is 48.3 Å². The molecule has 0 unspecified atom stereocenters. The van der Waals surface area contributed by atoms with Gasteiger partial charge in [0.25, 0.3) is 0 Å². The molecule has 1 aliphatic heterocycles. The van der Waals surface area contributed by atoms with Crippen LogP contribution in [0.3, 0.4) is 0 Å². The molecule has 0 saturated carbocycles. The minimum atomic E-state index is 0.196. The Morgan fingerprint density at radius 3 is 2.68 bits per heavy atom. The van der Waals surface area contributed by atoms with E-state index in [9.17, 15) is 4.79 Å². The molecule has 28 heavy (non-hydrogen) atoms. The monoisotopic (exact) mass is 402 g/mol. The first kappa shape index (κ1) is 20.7. The van der Waals surface area contributed by atoms with E-state index in [1.165, 1.54) is 18.2 Å². The van der Waals surface area contributed by atoms with Crippen LogP contribution in [-0.2, 0) is 11.3 Å². The Kier molecular flexibility index (Phi) is 6.99. The van der Waals surface area contributed by atoms with Crippen molar-refractivity contribution in [2.24, 2.45) is 11.8 Å². The Hall–Kier alpha value is -2.02. The van der Waals surface area contributed by atoms with Crippen molar-refractivity contribution < 1.29 is 9.53 Å². The summed E-state index contributed by atoms with van der Waals surface area (Å²) in [5.74, 6) is 3.29. The highest BCUT2D eigenvalue weighted by molar-refractivity contribution is 7.99. The summed E-state index contributed by atoms with van der Waals surface area (Å²) >= 11 is 1.49. The lowest BCUT2D eigenvalue weighted by atomic mass is 10.0. The van der Waals surface area contributed by atoms with Crippen LogP contribution < -0.4 is 4.74 Å². The molecule has 7 heteroatoms. The van der Waals surface area contributed by atoms with E-state index in [2.05, 4.69) is 35.5 Å². The van der Waals surface area contributed by atoms with E-state index in [4.69, 9.17) is 4.74 Å². The number of nitrogens with zero attached hydrogens (tertiary/aromatic N) is 4. The highest BCUT2D eigenvalue weighted by atomic mass is 32.2. The number of aromatic nitrogens is 3. The summed E-state index contributed by atoms with van der Waals surface area (Å²) in [6.45, 7) is 9.12. The molecular weight excluding hydrogens is 372 g/mol. The smallest absolute Gasteiger partial charge is 0.233 e. The second-order valence-corrected chi connectivity index (χ2v) is 8.86. The zero-order chi connectivity index (χ0) is 20.1. The van der Waals surface area contributed by atoms with Gasteiger partial charge in [-0.15, -0.1) is 10.2 Å². The number of carbonyl (C=O) groups excluding carboxylic acids is 1. The van der Waals surface area contributed by atoms with Gasteiger partial charge in [0.15, 0.2) is 11.0 Å². The van der Waals surface area contributed by atoms with Crippen molar-refractivity contribution in [1.29, 1.82) is 0 Å². The number of thioether (sulfide) groups is 1. The maximum atomic E-state index is 12.6. The van der Waals surface area contributed by atoms with Crippen molar-refractivity contribution in [2.75, 3.05) is 26.0 Å².